The lowest BCUT2D eigenvalue weighted by Crippen LogP contribution is -2.08. The van der Waals surface area contributed by atoms with E-state index in [9.17, 15) is 0 Å². The third kappa shape index (κ3) is 3.50. The number of rotatable bonds is 4. The van der Waals surface area contributed by atoms with Gasteiger partial charge in [-0.15, -0.1) is 0 Å². The Morgan fingerprint density at radius 1 is 0.960 bits per heavy atom. The van der Waals surface area contributed by atoms with Crippen LogP contribution in [0.4, 0.5) is 0 Å². The number of pyridine rings is 2. The zero-order chi connectivity index (χ0) is 17.1. The van der Waals surface area contributed by atoms with Crippen LogP contribution in [0.3, 0.4) is 0 Å². The molecule has 0 radical (unpaired) electrons. The molecular weight excluding hydrogens is 312 g/mol. The van der Waals surface area contributed by atoms with Crippen molar-refractivity contribution in [2.75, 3.05) is 7.11 Å². The number of ether oxygens (including phenoxy) is 1. The third-order valence-corrected chi connectivity index (χ3v) is 4.49. The van der Waals surface area contributed by atoms with Crippen LogP contribution in [0.1, 0.15) is 35.4 Å². The van der Waals surface area contributed by atoms with Gasteiger partial charge in [0.1, 0.15) is 5.69 Å². The van der Waals surface area contributed by atoms with Gasteiger partial charge in [-0.05, 0) is 48.9 Å². The summed E-state index contributed by atoms with van der Waals surface area (Å²) in [7, 11) is 1.62. The SMILES string of the molecule is COc1ccc(Cc2cccc(-c3ncc4c(n3)CCCC4)n2)cn1. The monoisotopic (exact) mass is 332 g/mol. The van der Waals surface area contributed by atoms with Crippen molar-refractivity contribution in [1.29, 1.82) is 0 Å². The molecule has 25 heavy (non-hydrogen) atoms. The molecule has 5 heteroatoms. The van der Waals surface area contributed by atoms with E-state index in [1.165, 1.54) is 24.1 Å². The molecule has 0 fully saturated rings. The minimum absolute atomic E-state index is 0.618. The van der Waals surface area contributed by atoms with Gasteiger partial charge in [-0.1, -0.05) is 12.1 Å². The maximum atomic E-state index is 5.10. The summed E-state index contributed by atoms with van der Waals surface area (Å²) in [6.07, 6.45) is 9.09. The molecule has 4 rings (SSSR count). The van der Waals surface area contributed by atoms with Crippen LogP contribution < -0.4 is 4.74 Å². The van der Waals surface area contributed by atoms with Gasteiger partial charge in [-0.2, -0.15) is 0 Å². The van der Waals surface area contributed by atoms with E-state index in [0.29, 0.717) is 5.88 Å². The molecule has 0 unspecified atom stereocenters. The fraction of sp³-hybridized carbons (Fsp3) is 0.300. The van der Waals surface area contributed by atoms with Gasteiger partial charge in [0.25, 0.3) is 0 Å². The lowest BCUT2D eigenvalue weighted by atomic mass is 9.97. The Morgan fingerprint density at radius 2 is 1.88 bits per heavy atom. The van der Waals surface area contributed by atoms with Gasteiger partial charge in [0.15, 0.2) is 5.82 Å². The van der Waals surface area contributed by atoms with E-state index in [-0.39, 0.29) is 0 Å². The molecule has 0 spiro atoms. The van der Waals surface area contributed by atoms with Crippen LogP contribution in [0, 0.1) is 0 Å². The summed E-state index contributed by atoms with van der Waals surface area (Å²) >= 11 is 0. The number of hydrogen-bond donors (Lipinski definition) is 0. The molecule has 0 atom stereocenters. The van der Waals surface area contributed by atoms with E-state index in [0.717, 1.165) is 42.0 Å². The largest absolute Gasteiger partial charge is 0.481 e. The van der Waals surface area contributed by atoms with Crippen LogP contribution >= 0.6 is 0 Å². The fourth-order valence-corrected chi connectivity index (χ4v) is 3.15. The highest BCUT2D eigenvalue weighted by Gasteiger charge is 2.13. The topological polar surface area (TPSA) is 60.8 Å². The van der Waals surface area contributed by atoms with Crippen molar-refractivity contribution in [3.05, 3.63) is 65.2 Å². The van der Waals surface area contributed by atoms with Crippen molar-refractivity contribution in [2.45, 2.75) is 32.1 Å². The Kier molecular flexibility index (Phi) is 4.37. The lowest BCUT2D eigenvalue weighted by Gasteiger charge is -2.14. The van der Waals surface area contributed by atoms with E-state index in [1.54, 1.807) is 7.11 Å². The maximum absolute atomic E-state index is 5.10. The number of methoxy groups -OCH3 is 1. The van der Waals surface area contributed by atoms with Crippen molar-refractivity contribution in [2.24, 2.45) is 0 Å². The molecule has 5 nitrogen and oxygen atoms in total. The Bertz CT molecular complexity index is 877. The highest BCUT2D eigenvalue weighted by Crippen LogP contribution is 2.22. The predicted molar refractivity (Wildman–Crippen MR) is 95.5 cm³/mol. The van der Waals surface area contributed by atoms with E-state index in [2.05, 4.69) is 9.97 Å². The van der Waals surface area contributed by atoms with Crippen LogP contribution in [0.25, 0.3) is 11.5 Å². The Morgan fingerprint density at radius 3 is 2.72 bits per heavy atom. The first-order valence-electron chi connectivity index (χ1n) is 8.62. The summed E-state index contributed by atoms with van der Waals surface area (Å²) in [5.41, 5.74) is 5.37. The second kappa shape index (κ2) is 6.97. The average molecular weight is 332 g/mol. The molecule has 0 saturated carbocycles. The first-order valence-corrected chi connectivity index (χ1v) is 8.62. The maximum Gasteiger partial charge on any atom is 0.212 e. The van der Waals surface area contributed by atoms with Gasteiger partial charge in [-0.3, -0.25) is 0 Å². The second-order valence-electron chi connectivity index (χ2n) is 6.27. The normalized spacial score (nSPS) is 13.3. The van der Waals surface area contributed by atoms with Gasteiger partial charge in [0, 0.05) is 36.3 Å². The van der Waals surface area contributed by atoms with Crippen molar-refractivity contribution in [3.8, 4) is 17.4 Å². The quantitative estimate of drug-likeness (QED) is 0.733. The van der Waals surface area contributed by atoms with Crippen LogP contribution in [-0.4, -0.2) is 27.0 Å². The lowest BCUT2D eigenvalue weighted by molar-refractivity contribution is 0.397. The molecule has 3 aromatic heterocycles. The van der Waals surface area contributed by atoms with Gasteiger partial charge < -0.3 is 4.74 Å². The Labute approximate surface area is 147 Å². The minimum atomic E-state index is 0.618. The van der Waals surface area contributed by atoms with Crippen LogP contribution in [0.2, 0.25) is 0 Å². The third-order valence-electron chi connectivity index (χ3n) is 4.49. The average Bonchev–Trinajstić information content (AvgIpc) is 2.68. The molecule has 3 aromatic rings. The van der Waals surface area contributed by atoms with Crippen molar-refractivity contribution in [3.63, 3.8) is 0 Å². The highest BCUT2D eigenvalue weighted by atomic mass is 16.5. The molecule has 1 aliphatic carbocycles. The molecule has 3 heterocycles. The molecule has 0 aliphatic heterocycles. The molecule has 0 N–H and O–H groups in total. The number of aryl methyl sites for hydroxylation is 2. The summed E-state index contributed by atoms with van der Waals surface area (Å²) in [6.45, 7) is 0. The molecule has 0 bridgehead atoms. The highest BCUT2D eigenvalue weighted by molar-refractivity contribution is 5.50. The first kappa shape index (κ1) is 15.7. The van der Waals surface area contributed by atoms with Gasteiger partial charge in [0.2, 0.25) is 5.88 Å². The summed E-state index contributed by atoms with van der Waals surface area (Å²) in [5, 5.41) is 0. The second-order valence-corrected chi connectivity index (χ2v) is 6.27. The van der Waals surface area contributed by atoms with E-state index < -0.39 is 0 Å². The van der Waals surface area contributed by atoms with E-state index >= 15 is 0 Å². The number of nitrogens with zero attached hydrogens (tertiary/aromatic N) is 4. The van der Waals surface area contributed by atoms with Crippen LogP contribution in [0.15, 0.2) is 42.7 Å². The molecule has 0 saturated heterocycles. The molecular formula is C20H20N4O. The number of hydrogen-bond acceptors (Lipinski definition) is 5. The Balaban J connectivity index is 1.58. The van der Waals surface area contributed by atoms with Crippen LogP contribution in [0.5, 0.6) is 5.88 Å². The van der Waals surface area contributed by atoms with Crippen LogP contribution in [-0.2, 0) is 19.3 Å². The summed E-state index contributed by atoms with van der Waals surface area (Å²) in [6, 6.07) is 9.88. The predicted octanol–water partition coefficient (Wildman–Crippen LogP) is 3.41. The van der Waals surface area contributed by atoms with Gasteiger partial charge in [0.05, 0.1) is 7.11 Å². The number of fused-ring (bicyclic) bond motifs is 1. The standard InChI is InChI=1S/C20H20N4O/c1-25-19-10-9-14(12-21-19)11-16-6-4-8-18(23-16)20-22-13-15-5-2-3-7-17(15)24-20/h4,6,8-10,12-13H,2-3,5,7,11H2,1H3. The smallest absolute Gasteiger partial charge is 0.212 e. The fourth-order valence-electron chi connectivity index (χ4n) is 3.15. The van der Waals surface area contributed by atoms with E-state index in [4.69, 9.17) is 14.7 Å². The number of aromatic nitrogens is 4. The van der Waals surface area contributed by atoms with Crippen molar-refractivity contribution >= 4 is 0 Å². The zero-order valence-corrected chi connectivity index (χ0v) is 14.3. The summed E-state index contributed by atoms with van der Waals surface area (Å²) in [4.78, 5) is 18.3. The first-order chi connectivity index (χ1) is 12.3. The molecule has 1 aliphatic rings. The molecule has 126 valence electrons. The van der Waals surface area contributed by atoms with Gasteiger partial charge >= 0.3 is 0 Å². The van der Waals surface area contributed by atoms with Crippen molar-refractivity contribution < 1.29 is 4.74 Å². The van der Waals surface area contributed by atoms with Gasteiger partial charge in [-0.25, -0.2) is 19.9 Å². The van der Waals surface area contributed by atoms with E-state index in [1.807, 2.05) is 42.7 Å². The van der Waals surface area contributed by atoms with Crippen molar-refractivity contribution in [1.82, 2.24) is 19.9 Å². The summed E-state index contributed by atoms with van der Waals surface area (Å²) < 4.78 is 5.10. The molecule has 0 aromatic carbocycles. The zero-order valence-electron chi connectivity index (χ0n) is 14.3. The summed E-state index contributed by atoms with van der Waals surface area (Å²) in [5.74, 6) is 1.34. The Hall–Kier alpha value is -2.82. The minimum Gasteiger partial charge on any atom is -0.481 e. The molecule has 0 amide bonds.